The Bertz CT molecular complexity index is 1270. The van der Waals surface area contributed by atoms with Gasteiger partial charge in [0, 0.05) is 12.0 Å². The molecule has 0 bridgehead atoms. The van der Waals surface area contributed by atoms with Gasteiger partial charge in [-0.2, -0.15) is 26.3 Å². The fraction of sp³-hybridized carbons (Fsp3) is 0.185. The highest BCUT2D eigenvalue weighted by Crippen LogP contribution is 2.44. The summed E-state index contributed by atoms with van der Waals surface area (Å²) in [5.41, 5.74) is 1.40. The minimum absolute atomic E-state index is 0.174. The lowest BCUT2D eigenvalue weighted by molar-refractivity contribution is -0.137. The molecular weight excluding hydrogens is 474 g/mol. The van der Waals surface area contributed by atoms with E-state index >= 15 is 0 Å². The van der Waals surface area contributed by atoms with E-state index in [1.165, 1.54) is 6.07 Å². The standard InChI is InChI=1S/C27H19ClF6/c1-16-13-20(26(29,30)31)15-22-21(16)11-9-18(8-7-17-5-3-2-4-6-17)25(22)19-10-12-24(28)23(14-19)27(32,33)34/h2-6,9-14H,1,7-8,15H2. The van der Waals surface area contributed by atoms with Gasteiger partial charge in [0.05, 0.1) is 10.6 Å². The summed E-state index contributed by atoms with van der Waals surface area (Å²) in [5, 5.41) is -0.466. The van der Waals surface area contributed by atoms with Crippen LogP contribution >= 0.6 is 11.6 Å². The summed E-state index contributed by atoms with van der Waals surface area (Å²) < 4.78 is 81.6. The lowest BCUT2D eigenvalue weighted by Crippen LogP contribution is -2.18. The van der Waals surface area contributed by atoms with E-state index in [1.54, 1.807) is 12.1 Å². The third-order valence-electron chi connectivity index (χ3n) is 5.91. The molecule has 0 radical (unpaired) electrons. The first-order valence-electron chi connectivity index (χ1n) is 10.5. The highest BCUT2D eigenvalue weighted by molar-refractivity contribution is 6.31. The maximum Gasteiger partial charge on any atom is 0.417 e. The van der Waals surface area contributed by atoms with Crippen molar-refractivity contribution in [1.29, 1.82) is 0 Å². The van der Waals surface area contributed by atoms with Crippen LogP contribution < -0.4 is 0 Å². The van der Waals surface area contributed by atoms with E-state index in [0.29, 0.717) is 35.1 Å². The first-order valence-corrected chi connectivity index (χ1v) is 10.9. The van der Waals surface area contributed by atoms with E-state index in [-0.39, 0.29) is 11.1 Å². The summed E-state index contributed by atoms with van der Waals surface area (Å²) in [7, 11) is 0. The lowest BCUT2D eigenvalue weighted by Gasteiger charge is -2.26. The highest BCUT2D eigenvalue weighted by atomic mass is 35.5. The summed E-state index contributed by atoms with van der Waals surface area (Å²) in [4.78, 5) is 0. The Balaban J connectivity index is 1.89. The summed E-state index contributed by atoms with van der Waals surface area (Å²) in [6.07, 6.45) is -7.71. The number of hydrogen-bond donors (Lipinski definition) is 0. The smallest absolute Gasteiger partial charge is 0.166 e. The van der Waals surface area contributed by atoms with E-state index in [0.717, 1.165) is 23.8 Å². The van der Waals surface area contributed by atoms with Crippen LogP contribution in [0.5, 0.6) is 0 Å². The number of benzene rings is 3. The topological polar surface area (TPSA) is 0 Å². The molecule has 3 aromatic rings. The number of allylic oxidation sites excluding steroid dienone is 3. The van der Waals surface area contributed by atoms with Crippen molar-refractivity contribution < 1.29 is 26.3 Å². The van der Waals surface area contributed by atoms with Crippen molar-refractivity contribution >= 4 is 17.2 Å². The molecule has 176 valence electrons. The Morgan fingerprint density at radius 1 is 0.824 bits per heavy atom. The number of alkyl halides is 6. The van der Waals surface area contributed by atoms with E-state index in [4.69, 9.17) is 11.6 Å². The van der Waals surface area contributed by atoms with Crippen LogP contribution in [0.4, 0.5) is 26.3 Å². The maximum absolute atomic E-state index is 13.6. The first kappa shape index (κ1) is 24.1. The molecule has 1 aliphatic rings. The average molecular weight is 493 g/mol. The number of hydrogen-bond acceptors (Lipinski definition) is 0. The van der Waals surface area contributed by atoms with Crippen LogP contribution in [0.25, 0.3) is 16.7 Å². The predicted octanol–water partition coefficient (Wildman–Crippen LogP) is 8.87. The van der Waals surface area contributed by atoms with Crippen LogP contribution in [0.1, 0.15) is 27.8 Å². The van der Waals surface area contributed by atoms with Gasteiger partial charge in [-0.25, -0.2) is 0 Å². The molecule has 0 fully saturated rings. The second kappa shape index (κ2) is 8.99. The van der Waals surface area contributed by atoms with Gasteiger partial charge in [0.2, 0.25) is 0 Å². The van der Waals surface area contributed by atoms with Crippen molar-refractivity contribution in [3.8, 4) is 11.1 Å². The third-order valence-corrected chi connectivity index (χ3v) is 6.24. The van der Waals surface area contributed by atoms with Gasteiger partial charge >= 0.3 is 12.4 Å². The highest BCUT2D eigenvalue weighted by Gasteiger charge is 2.37. The summed E-state index contributed by atoms with van der Waals surface area (Å²) in [6.45, 7) is 3.77. The molecule has 34 heavy (non-hydrogen) atoms. The van der Waals surface area contributed by atoms with Crippen molar-refractivity contribution in [3.63, 3.8) is 0 Å². The Morgan fingerprint density at radius 3 is 2.18 bits per heavy atom. The molecule has 0 N–H and O–H groups in total. The first-order chi connectivity index (χ1) is 15.9. The zero-order chi connectivity index (χ0) is 24.7. The van der Waals surface area contributed by atoms with E-state index < -0.39 is 34.9 Å². The summed E-state index contributed by atoms with van der Waals surface area (Å²) >= 11 is 5.81. The van der Waals surface area contributed by atoms with Crippen LogP contribution in [0.15, 0.2) is 78.9 Å². The zero-order valence-corrected chi connectivity index (χ0v) is 18.6. The molecule has 0 aromatic heterocycles. The minimum Gasteiger partial charge on any atom is -0.166 e. The molecule has 3 aromatic carbocycles. The number of fused-ring (bicyclic) bond motifs is 1. The van der Waals surface area contributed by atoms with Crippen LogP contribution in [0.3, 0.4) is 0 Å². The fourth-order valence-electron chi connectivity index (χ4n) is 4.28. The second-order valence-corrected chi connectivity index (χ2v) is 8.58. The molecule has 0 spiro atoms. The molecule has 0 atom stereocenters. The number of rotatable bonds is 4. The molecule has 0 amide bonds. The molecule has 0 saturated carbocycles. The van der Waals surface area contributed by atoms with Gasteiger partial charge in [-0.1, -0.05) is 66.7 Å². The quantitative estimate of drug-likeness (QED) is 0.319. The van der Waals surface area contributed by atoms with E-state index in [1.807, 2.05) is 30.3 Å². The zero-order valence-electron chi connectivity index (χ0n) is 17.8. The van der Waals surface area contributed by atoms with Gasteiger partial charge in [-0.3, -0.25) is 0 Å². The van der Waals surface area contributed by atoms with Gasteiger partial charge in [0.25, 0.3) is 0 Å². The molecule has 0 nitrogen and oxygen atoms in total. The second-order valence-electron chi connectivity index (χ2n) is 8.17. The normalized spacial score (nSPS) is 14.1. The largest absolute Gasteiger partial charge is 0.417 e. The van der Waals surface area contributed by atoms with Crippen molar-refractivity contribution in [3.05, 3.63) is 112 Å². The van der Waals surface area contributed by atoms with Crippen molar-refractivity contribution in [2.75, 3.05) is 0 Å². The number of aryl methyl sites for hydroxylation is 2. The van der Waals surface area contributed by atoms with Gasteiger partial charge in [-0.05, 0) is 70.0 Å². The molecule has 0 aliphatic heterocycles. The SMILES string of the molecule is C=C1C=C(C(F)(F)F)Cc2c1ccc(CCc1ccccc1)c2-c1ccc(Cl)c(C(F)(F)F)c1. The van der Waals surface area contributed by atoms with Crippen LogP contribution in [0, 0.1) is 0 Å². The molecule has 4 rings (SSSR count). The van der Waals surface area contributed by atoms with Gasteiger partial charge in [0.1, 0.15) is 0 Å². The van der Waals surface area contributed by atoms with Gasteiger partial charge < -0.3 is 0 Å². The molecule has 0 unspecified atom stereocenters. The molecule has 1 aliphatic carbocycles. The van der Waals surface area contributed by atoms with E-state index in [9.17, 15) is 26.3 Å². The van der Waals surface area contributed by atoms with Crippen molar-refractivity contribution in [1.82, 2.24) is 0 Å². The predicted molar refractivity (Wildman–Crippen MR) is 123 cm³/mol. The molecule has 0 saturated heterocycles. The van der Waals surface area contributed by atoms with Gasteiger partial charge in [0.15, 0.2) is 0 Å². The lowest BCUT2D eigenvalue weighted by atomic mass is 9.80. The summed E-state index contributed by atoms with van der Waals surface area (Å²) in [5.74, 6) is 0. The van der Waals surface area contributed by atoms with Crippen LogP contribution in [0.2, 0.25) is 5.02 Å². The molecular formula is C27H19ClF6. The fourth-order valence-corrected chi connectivity index (χ4v) is 4.51. The Kier molecular flexibility index (Phi) is 6.38. The summed E-state index contributed by atoms with van der Waals surface area (Å²) in [6, 6.07) is 16.4. The van der Waals surface area contributed by atoms with Crippen LogP contribution in [-0.4, -0.2) is 6.18 Å². The monoisotopic (exact) mass is 492 g/mol. The Morgan fingerprint density at radius 2 is 1.53 bits per heavy atom. The van der Waals surface area contributed by atoms with Crippen LogP contribution in [-0.2, 0) is 25.4 Å². The average Bonchev–Trinajstić information content (AvgIpc) is 2.77. The third kappa shape index (κ3) is 4.92. The maximum atomic E-state index is 13.6. The molecule has 7 heteroatoms. The Hall–Kier alpha value is -2.99. The van der Waals surface area contributed by atoms with Gasteiger partial charge in [-0.15, -0.1) is 0 Å². The van der Waals surface area contributed by atoms with Crippen molar-refractivity contribution in [2.45, 2.75) is 31.6 Å². The minimum atomic E-state index is -4.70. The number of halogens is 7. The molecule has 0 heterocycles. The van der Waals surface area contributed by atoms with Crippen molar-refractivity contribution in [2.24, 2.45) is 0 Å². The van der Waals surface area contributed by atoms with E-state index in [2.05, 4.69) is 6.58 Å². The Labute approximate surface area is 198 Å².